The Kier molecular flexibility index (Phi) is 7.26. The highest BCUT2D eigenvalue weighted by molar-refractivity contribution is 8.04. The summed E-state index contributed by atoms with van der Waals surface area (Å²) in [5.41, 5.74) is 1.35. The second kappa shape index (κ2) is 10.1. The van der Waals surface area contributed by atoms with Gasteiger partial charge in [0.1, 0.15) is 17.3 Å². The molecule has 0 radical (unpaired) electrons. The molecule has 0 aliphatic carbocycles. The Balaban J connectivity index is 1.74. The lowest BCUT2D eigenvalue weighted by atomic mass is 10.1. The summed E-state index contributed by atoms with van der Waals surface area (Å²) in [4.78, 5) is 0.530. The fraction of sp³-hybridized carbons (Fsp3) is 0. The van der Waals surface area contributed by atoms with Crippen molar-refractivity contribution in [2.24, 2.45) is 5.10 Å². The van der Waals surface area contributed by atoms with Gasteiger partial charge in [-0.3, -0.25) is 0 Å². The number of thioether (sulfide) groups is 1. The second-order valence-corrected chi connectivity index (χ2v) is 10.8. The SMILES string of the molecule is Fc1cc(C2=Nn3c(nnc3-c3cc(F)c(Cl)cc3Cl)SC2=Cc2ccc(Cl)cc2Cl)c(Cl)cc1Cl. The third-order valence-corrected chi connectivity index (χ3v) is 7.75. The molecule has 5 rings (SSSR count). The summed E-state index contributed by atoms with van der Waals surface area (Å²) in [5.74, 6) is -1.24. The Hall–Kier alpha value is -1.84. The Morgan fingerprint density at radius 1 is 0.722 bits per heavy atom. The van der Waals surface area contributed by atoms with E-state index in [0.717, 1.165) is 6.07 Å². The predicted octanol–water partition coefficient (Wildman–Crippen LogP) is 9.54. The molecule has 2 heterocycles. The van der Waals surface area contributed by atoms with Gasteiger partial charge in [-0.2, -0.15) is 9.78 Å². The largest absolute Gasteiger partial charge is 0.217 e. The van der Waals surface area contributed by atoms with Crippen LogP contribution in [0.3, 0.4) is 0 Å². The lowest BCUT2D eigenvalue weighted by molar-refractivity contribution is 0.627. The summed E-state index contributed by atoms with van der Waals surface area (Å²) < 4.78 is 30.1. The molecule has 4 aromatic rings. The van der Waals surface area contributed by atoms with Crippen LogP contribution in [0.2, 0.25) is 30.1 Å². The normalized spacial score (nSPS) is 14.2. The molecular formula is C23H8Cl6F2N4S. The van der Waals surface area contributed by atoms with Crippen molar-refractivity contribution in [1.29, 1.82) is 0 Å². The number of rotatable bonds is 3. The smallest absolute Gasteiger partial charge is 0.205 e. The molecule has 0 saturated carbocycles. The molecule has 0 bridgehead atoms. The Morgan fingerprint density at radius 2 is 1.36 bits per heavy atom. The van der Waals surface area contributed by atoms with Crippen molar-refractivity contribution in [1.82, 2.24) is 14.9 Å². The fourth-order valence-electron chi connectivity index (χ4n) is 3.33. The molecule has 4 nitrogen and oxygen atoms in total. The lowest BCUT2D eigenvalue weighted by Crippen LogP contribution is -2.13. The van der Waals surface area contributed by atoms with E-state index in [0.29, 0.717) is 25.7 Å². The van der Waals surface area contributed by atoms with Gasteiger partial charge < -0.3 is 0 Å². The first-order valence-corrected chi connectivity index (χ1v) is 12.9. The van der Waals surface area contributed by atoms with Gasteiger partial charge in [0, 0.05) is 26.1 Å². The molecular weight excluding hydrogens is 615 g/mol. The standard InChI is InChI=1S/C23H8Cl6F2N4S/c24-10-2-1-9(13(25)4-10)3-20-21(11-5-18(30)16(28)7-14(11)26)34-35-22(32-33-23(35)36-20)12-6-19(31)17(29)8-15(12)27/h1-8H. The second-order valence-electron chi connectivity index (χ2n) is 7.34. The van der Waals surface area contributed by atoms with Crippen LogP contribution in [0.5, 0.6) is 0 Å². The average Bonchev–Trinajstić information content (AvgIpc) is 3.22. The number of fused-ring (bicyclic) bond motifs is 1. The third kappa shape index (κ3) is 4.86. The van der Waals surface area contributed by atoms with Gasteiger partial charge in [0.15, 0.2) is 5.82 Å². The van der Waals surface area contributed by atoms with Gasteiger partial charge in [-0.15, -0.1) is 10.2 Å². The van der Waals surface area contributed by atoms with Crippen molar-refractivity contribution in [3.05, 3.63) is 100 Å². The molecule has 0 atom stereocenters. The predicted molar refractivity (Wildman–Crippen MR) is 144 cm³/mol. The molecule has 1 aliphatic heterocycles. The van der Waals surface area contributed by atoms with Crippen molar-refractivity contribution in [2.45, 2.75) is 5.16 Å². The van der Waals surface area contributed by atoms with Gasteiger partial charge >= 0.3 is 0 Å². The van der Waals surface area contributed by atoms with E-state index in [2.05, 4.69) is 15.3 Å². The minimum Gasteiger partial charge on any atom is -0.205 e. The highest BCUT2D eigenvalue weighted by Gasteiger charge is 2.28. The third-order valence-electron chi connectivity index (χ3n) is 5.01. The number of aromatic nitrogens is 3. The molecule has 182 valence electrons. The van der Waals surface area contributed by atoms with Gasteiger partial charge in [-0.05, 0) is 59.8 Å². The van der Waals surface area contributed by atoms with E-state index >= 15 is 0 Å². The van der Waals surface area contributed by atoms with E-state index in [1.54, 1.807) is 24.3 Å². The summed E-state index contributed by atoms with van der Waals surface area (Å²) in [6, 6.07) is 9.84. The van der Waals surface area contributed by atoms with E-state index in [4.69, 9.17) is 69.6 Å². The van der Waals surface area contributed by atoms with E-state index in [1.807, 2.05) is 0 Å². The molecule has 0 spiro atoms. The summed E-state index contributed by atoms with van der Waals surface area (Å²) in [6.07, 6.45) is 1.73. The molecule has 1 aromatic heterocycles. The first kappa shape index (κ1) is 25.8. The van der Waals surface area contributed by atoms with E-state index < -0.39 is 11.6 Å². The first-order valence-electron chi connectivity index (χ1n) is 9.81. The number of hydrogen-bond acceptors (Lipinski definition) is 4. The van der Waals surface area contributed by atoms with Crippen molar-refractivity contribution < 1.29 is 8.78 Å². The van der Waals surface area contributed by atoms with Crippen molar-refractivity contribution in [2.75, 3.05) is 0 Å². The van der Waals surface area contributed by atoms with Gasteiger partial charge in [0.2, 0.25) is 5.16 Å². The molecule has 0 saturated heterocycles. The van der Waals surface area contributed by atoms with Crippen LogP contribution in [0.4, 0.5) is 8.78 Å². The molecule has 0 unspecified atom stereocenters. The van der Waals surface area contributed by atoms with Crippen LogP contribution in [0.15, 0.2) is 57.6 Å². The highest BCUT2D eigenvalue weighted by Crippen LogP contribution is 2.41. The Morgan fingerprint density at radius 3 is 2.03 bits per heavy atom. The van der Waals surface area contributed by atoms with E-state index in [1.165, 1.54) is 34.6 Å². The number of allylic oxidation sites excluding steroid dienone is 1. The summed E-state index contributed by atoms with van der Waals surface area (Å²) in [7, 11) is 0. The summed E-state index contributed by atoms with van der Waals surface area (Å²) in [5, 5.41) is 14.2. The van der Waals surface area contributed by atoms with Gasteiger partial charge in [0.25, 0.3) is 0 Å². The summed E-state index contributed by atoms with van der Waals surface area (Å²) >= 11 is 38.1. The first-order chi connectivity index (χ1) is 17.1. The minimum atomic E-state index is -0.693. The van der Waals surface area contributed by atoms with E-state index in [9.17, 15) is 8.78 Å². The molecule has 0 fully saturated rings. The van der Waals surface area contributed by atoms with Gasteiger partial charge in [-0.25, -0.2) is 8.78 Å². The average molecular weight is 623 g/mol. The number of hydrogen-bond donors (Lipinski definition) is 0. The maximum atomic E-state index is 14.5. The van der Waals surface area contributed by atoms with E-state index in [-0.39, 0.29) is 42.8 Å². The summed E-state index contributed by atoms with van der Waals surface area (Å²) in [6.45, 7) is 0. The monoisotopic (exact) mass is 620 g/mol. The van der Waals surface area contributed by atoms with Crippen LogP contribution >= 0.6 is 81.4 Å². The van der Waals surface area contributed by atoms with Crippen LogP contribution in [-0.2, 0) is 0 Å². The van der Waals surface area contributed by atoms with Crippen LogP contribution in [0, 0.1) is 11.6 Å². The zero-order valence-electron chi connectivity index (χ0n) is 17.3. The molecule has 13 heteroatoms. The van der Waals surface area contributed by atoms with Gasteiger partial charge in [-0.1, -0.05) is 75.7 Å². The maximum Gasteiger partial charge on any atom is 0.217 e. The number of halogens is 8. The lowest BCUT2D eigenvalue weighted by Gasteiger charge is -2.19. The van der Waals surface area contributed by atoms with Gasteiger partial charge in [0.05, 0.1) is 20.1 Å². The molecule has 3 aromatic carbocycles. The number of nitrogens with zero attached hydrogens (tertiary/aromatic N) is 4. The zero-order chi connectivity index (χ0) is 25.7. The topological polar surface area (TPSA) is 43.1 Å². The fourth-order valence-corrected chi connectivity index (χ4v) is 5.65. The van der Waals surface area contributed by atoms with Crippen molar-refractivity contribution in [3.8, 4) is 11.4 Å². The quantitative estimate of drug-likeness (QED) is 0.214. The van der Waals surface area contributed by atoms with Crippen LogP contribution in [0.1, 0.15) is 11.1 Å². The maximum absolute atomic E-state index is 14.5. The minimum absolute atomic E-state index is 0.142. The molecule has 36 heavy (non-hydrogen) atoms. The highest BCUT2D eigenvalue weighted by atomic mass is 35.5. The van der Waals surface area contributed by atoms with Crippen molar-refractivity contribution in [3.63, 3.8) is 0 Å². The van der Waals surface area contributed by atoms with Crippen LogP contribution < -0.4 is 0 Å². The Bertz CT molecular complexity index is 1620. The molecule has 1 aliphatic rings. The number of benzene rings is 3. The Labute approximate surface area is 237 Å². The molecule has 0 N–H and O–H groups in total. The van der Waals surface area contributed by atoms with Crippen LogP contribution in [0.25, 0.3) is 17.5 Å². The zero-order valence-corrected chi connectivity index (χ0v) is 22.7. The molecule has 0 amide bonds. The van der Waals surface area contributed by atoms with Crippen molar-refractivity contribution >= 4 is 93.2 Å². The van der Waals surface area contributed by atoms with Crippen LogP contribution in [-0.4, -0.2) is 20.6 Å².